The number of carbonyl (C=O) groups excluding carboxylic acids is 2. The first-order chi connectivity index (χ1) is 10.1. The fourth-order valence-electron chi connectivity index (χ4n) is 1.91. The number of hydrogen-bond acceptors (Lipinski definition) is 8. The van der Waals surface area contributed by atoms with Crippen LogP contribution in [0, 0.1) is 11.8 Å². The standard InChI is InChI=1S/C7H12N2O2.C6H10N2O2.ClH/c1-9-4-6(3-8-5-9)7(10)11-2;1-10-6(9)5-2-7-4-8-3-5;/h5-6H,3-4H2,1-2H3;4-5H,2-3H2,1H3,(H,7,8);1H. The van der Waals surface area contributed by atoms with E-state index in [4.69, 9.17) is 0 Å². The number of hydrogen-bond donors (Lipinski definition) is 1. The Hall–Kier alpha value is -1.83. The first-order valence-corrected chi connectivity index (χ1v) is 6.66. The number of esters is 2. The summed E-state index contributed by atoms with van der Waals surface area (Å²) in [7, 11) is 4.68. The lowest BCUT2D eigenvalue weighted by Gasteiger charge is -2.23. The van der Waals surface area contributed by atoms with Crippen LogP contribution in [0.5, 0.6) is 0 Å². The fourth-order valence-corrected chi connectivity index (χ4v) is 1.91. The Morgan fingerprint density at radius 3 is 2.23 bits per heavy atom. The van der Waals surface area contributed by atoms with Gasteiger partial charge in [-0.1, -0.05) is 0 Å². The van der Waals surface area contributed by atoms with E-state index >= 15 is 0 Å². The van der Waals surface area contributed by atoms with Crippen LogP contribution in [0.1, 0.15) is 0 Å². The van der Waals surface area contributed by atoms with Gasteiger partial charge in [0.2, 0.25) is 0 Å². The van der Waals surface area contributed by atoms with Crippen LogP contribution in [0.25, 0.3) is 0 Å². The molecule has 2 heterocycles. The maximum Gasteiger partial charge on any atom is 0.312 e. The van der Waals surface area contributed by atoms with Gasteiger partial charge in [0.1, 0.15) is 0 Å². The Labute approximate surface area is 136 Å². The number of ether oxygens (including phenoxy) is 2. The van der Waals surface area contributed by atoms with Crippen molar-refractivity contribution < 1.29 is 19.1 Å². The third-order valence-corrected chi connectivity index (χ3v) is 3.05. The molecule has 0 radical (unpaired) electrons. The molecular weight excluding hydrogens is 312 g/mol. The number of methoxy groups -OCH3 is 2. The minimum absolute atomic E-state index is 0. The van der Waals surface area contributed by atoms with Gasteiger partial charge in [0, 0.05) is 20.1 Å². The molecule has 0 saturated carbocycles. The highest BCUT2D eigenvalue weighted by molar-refractivity contribution is 5.85. The van der Waals surface area contributed by atoms with Crippen molar-refractivity contribution in [3.05, 3.63) is 0 Å². The molecule has 0 amide bonds. The van der Waals surface area contributed by atoms with Gasteiger partial charge in [-0.3, -0.25) is 19.6 Å². The van der Waals surface area contributed by atoms with Gasteiger partial charge in [-0.15, -0.1) is 12.4 Å². The second-order valence-corrected chi connectivity index (χ2v) is 4.76. The summed E-state index contributed by atoms with van der Waals surface area (Å²) in [6, 6.07) is 0. The Morgan fingerprint density at radius 1 is 1.14 bits per heavy atom. The zero-order valence-electron chi connectivity index (χ0n) is 13.0. The average Bonchev–Trinajstić information content (AvgIpc) is 2.54. The van der Waals surface area contributed by atoms with Crippen LogP contribution in [-0.4, -0.2) is 77.0 Å². The zero-order chi connectivity index (χ0) is 15.7. The quantitative estimate of drug-likeness (QED) is 0.689. The molecule has 0 aromatic carbocycles. The second-order valence-electron chi connectivity index (χ2n) is 4.76. The molecular formula is C13H23ClN4O4. The number of aliphatic imine (C=N–C) groups is 2. The minimum Gasteiger partial charge on any atom is -0.469 e. The molecule has 0 aromatic heterocycles. The van der Waals surface area contributed by atoms with Crippen LogP contribution in [0.15, 0.2) is 9.98 Å². The van der Waals surface area contributed by atoms with E-state index in [1.807, 2.05) is 11.9 Å². The number of nitrogens with one attached hydrogen (secondary N) is 1. The van der Waals surface area contributed by atoms with Crippen LogP contribution >= 0.6 is 12.4 Å². The SMILES string of the molecule is COC(=O)C1CN=CN(C)C1.COC(=O)C1CN=CNC1.Cl. The van der Waals surface area contributed by atoms with E-state index in [1.54, 1.807) is 12.7 Å². The van der Waals surface area contributed by atoms with Crippen molar-refractivity contribution in [3.8, 4) is 0 Å². The van der Waals surface area contributed by atoms with Crippen molar-refractivity contribution in [1.82, 2.24) is 10.2 Å². The summed E-state index contributed by atoms with van der Waals surface area (Å²) in [6.45, 7) is 2.43. The van der Waals surface area contributed by atoms with Crippen LogP contribution in [-0.2, 0) is 19.1 Å². The van der Waals surface area contributed by atoms with E-state index in [-0.39, 0.29) is 36.2 Å². The maximum atomic E-state index is 11.0. The Kier molecular flexibility index (Phi) is 9.93. The van der Waals surface area contributed by atoms with E-state index in [0.717, 1.165) is 0 Å². The molecule has 2 atom stereocenters. The molecule has 0 saturated heterocycles. The van der Waals surface area contributed by atoms with Gasteiger partial charge >= 0.3 is 11.9 Å². The summed E-state index contributed by atoms with van der Waals surface area (Å²) in [5, 5.41) is 2.86. The predicted molar refractivity (Wildman–Crippen MR) is 85.6 cm³/mol. The fraction of sp³-hybridized carbons (Fsp3) is 0.692. The molecule has 2 aliphatic heterocycles. The van der Waals surface area contributed by atoms with Crippen molar-refractivity contribution in [2.75, 3.05) is 47.4 Å². The molecule has 0 aromatic rings. The largest absolute Gasteiger partial charge is 0.469 e. The van der Waals surface area contributed by atoms with Gasteiger partial charge < -0.3 is 19.7 Å². The lowest BCUT2D eigenvalue weighted by Crippen LogP contribution is -2.35. The van der Waals surface area contributed by atoms with E-state index in [0.29, 0.717) is 26.2 Å². The van der Waals surface area contributed by atoms with Crippen molar-refractivity contribution in [3.63, 3.8) is 0 Å². The van der Waals surface area contributed by atoms with Crippen LogP contribution < -0.4 is 5.32 Å². The number of nitrogens with zero attached hydrogens (tertiary/aromatic N) is 3. The van der Waals surface area contributed by atoms with Crippen LogP contribution in [0.4, 0.5) is 0 Å². The Morgan fingerprint density at radius 2 is 1.73 bits per heavy atom. The molecule has 1 N–H and O–H groups in total. The van der Waals surface area contributed by atoms with E-state index in [2.05, 4.69) is 24.8 Å². The summed E-state index contributed by atoms with van der Waals surface area (Å²) in [6.07, 6.45) is 3.35. The lowest BCUT2D eigenvalue weighted by atomic mass is 10.1. The highest BCUT2D eigenvalue weighted by atomic mass is 35.5. The van der Waals surface area contributed by atoms with Crippen molar-refractivity contribution in [2.24, 2.45) is 21.8 Å². The van der Waals surface area contributed by atoms with Crippen LogP contribution in [0.3, 0.4) is 0 Å². The van der Waals surface area contributed by atoms with Crippen molar-refractivity contribution >= 4 is 37.0 Å². The summed E-state index contributed by atoms with van der Waals surface area (Å²) in [5.41, 5.74) is 0. The monoisotopic (exact) mass is 334 g/mol. The predicted octanol–water partition coefficient (Wildman–Crippen LogP) is -0.422. The molecule has 0 fully saturated rings. The second kappa shape index (κ2) is 10.8. The van der Waals surface area contributed by atoms with Crippen LogP contribution in [0.2, 0.25) is 0 Å². The Bertz CT molecular complexity index is 417. The molecule has 2 unspecified atom stereocenters. The van der Waals surface area contributed by atoms with E-state index in [1.165, 1.54) is 14.2 Å². The summed E-state index contributed by atoms with van der Waals surface area (Å²) >= 11 is 0. The number of carbonyl (C=O) groups is 2. The highest BCUT2D eigenvalue weighted by Crippen LogP contribution is 2.05. The molecule has 8 nitrogen and oxygen atoms in total. The number of rotatable bonds is 2. The maximum absolute atomic E-state index is 11.0. The Balaban J connectivity index is 0.000000385. The van der Waals surface area contributed by atoms with Crippen molar-refractivity contribution in [2.45, 2.75) is 0 Å². The van der Waals surface area contributed by atoms with Gasteiger partial charge in [-0.25, -0.2) is 0 Å². The topological polar surface area (TPSA) is 92.6 Å². The third-order valence-electron chi connectivity index (χ3n) is 3.05. The molecule has 126 valence electrons. The smallest absolute Gasteiger partial charge is 0.312 e. The van der Waals surface area contributed by atoms with Crippen molar-refractivity contribution in [1.29, 1.82) is 0 Å². The lowest BCUT2D eigenvalue weighted by molar-refractivity contribution is -0.146. The van der Waals surface area contributed by atoms with Gasteiger partial charge in [-0.2, -0.15) is 0 Å². The van der Waals surface area contributed by atoms with E-state index in [9.17, 15) is 9.59 Å². The average molecular weight is 335 g/mol. The number of halogens is 1. The molecule has 0 aliphatic carbocycles. The van der Waals surface area contributed by atoms with Gasteiger partial charge in [0.05, 0.1) is 51.8 Å². The van der Waals surface area contributed by atoms with Gasteiger partial charge in [0.25, 0.3) is 0 Å². The molecule has 2 rings (SSSR count). The van der Waals surface area contributed by atoms with Gasteiger partial charge in [-0.05, 0) is 0 Å². The first-order valence-electron chi connectivity index (χ1n) is 6.66. The molecule has 9 heteroatoms. The summed E-state index contributed by atoms with van der Waals surface area (Å²) in [4.78, 5) is 31.6. The zero-order valence-corrected chi connectivity index (χ0v) is 13.8. The van der Waals surface area contributed by atoms with Gasteiger partial charge in [0.15, 0.2) is 0 Å². The normalized spacial score (nSPS) is 22.4. The first kappa shape index (κ1) is 20.2. The highest BCUT2D eigenvalue weighted by Gasteiger charge is 2.22. The molecule has 0 spiro atoms. The van der Waals surface area contributed by atoms with E-state index < -0.39 is 0 Å². The summed E-state index contributed by atoms with van der Waals surface area (Å²) < 4.78 is 9.14. The minimum atomic E-state index is -0.190. The molecule has 2 aliphatic rings. The summed E-state index contributed by atoms with van der Waals surface area (Å²) in [5.74, 6) is -0.553. The molecule has 22 heavy (non-hydrogen) atoms. The third kappa shape index (κ3) is 6.75. The molecule has 0 bridgehead atoms.